The van der Waals surface area contributed by atoms with Crippen LogP contribution in [0.3, 0.4) is 0 Å². The summed E-state index contributed by atoms with van der Waals surface area (Å²) in [5, 5.41) is 4.23. The summed E-state index contributed by atoms with van der Waals surface area (Å²) < 4.78 is 2.21. The minimum atomic E-state index is -0.204. The highest BCUT2D eigenvalue weighted by atomic mass is 16.2. The Bertz CT molecular complexity index is 1130. The molecule has 178 valence electrons. The highest BCUT2D eigenvalue weighted by Crippen LogP contribution is 2.23. The number of aromatic nitrogens is 1. The summed E-state index contributed by atoms with van der Waals surface area (Å²) in [5.41, 5.74) is 9.99. The third kappa shape index (κ3) is 5.01. The van der Waals surface area contributed by atoms with Crippen molar-refractivity contribution in [2.45, 2.75) is 40.5 Å². The number of benzene rings is 2. The van der Waals surface area contributed by atoms with Gasteiger partial charge in [0.15, 0.2) is 0 Å². The highest BCUT2D eigenvalue weighted by molar-refractivity contribution is 5.95. The number of rotatable bonds is 8. The summed E-state index contributed by atoms with van der Waals surface area (Å²) in [6, 6.07) is 18.5. The molecule has 6 heteroatoms. The van der Waals surface area contributed by atoms with E-state index in [0.29, 0.717) is 5.56 Å². The van der Waals surface area contributed by atoms with Gasteiger partial charge in [-0.2, -0.15) is 5.10 Å². The average molecular weight is 458 g/mol. The Labute approximate surface area is 202 Å². The van der Waals surface area contributed by atoms with Crippen LogP contribution < -0.4 is 15.2 Å². The van der Waals surface area contributed by atoms with Crippen molar-refractivity contribution < 1.29 is 4.79 Å². The van der Waals surface area contributed by atoms with Crippen molar-refractivity contribution in [3.05, 3.63) is 77.1 Å². The van der Waals surface area contributed by atoms with E-state index in [1.54, 1.807) is 6.21 Å². The van der Waals surface area contributed by atoms with Crippen molar-refractivity contribution in [1.29, 1.82) is 0 Å². The molecule has 3 aromatic rings. The van der Waals surface area contributed by atoms with Crippen LogP contribution in [0.5, 0.6) is 0 Å². The van der Waals surface area contributed by atoms with E-state index in [1.807, 2.05) is 24.3 Å². The molecular weight excluding hydrogens is 422 g/mol. The number of hydrogen-bond donors (Lipinski definition) is 1. The Morgan fingerprint density at radius 3 is 2.21 bits per heavy atom. The van der Waals surface area contributed by atoms with E-state index in [9.17, 15) is 4.79 Å². The van der Waals surface area contributed by atoms with Gasteiger partial charge in [-0.15, -0.1) is 0 Å². The molecule has 4 rings (SSSR count). The van der Waals surface area contributed by atoms with Crippen LogP contribution in [0, 0.1) is 13.8 Å². The average Bonchev–Trinajstić information content (AvgIpc) is 3.49. The number of hydrogen-bond acceptors (Lipinski definition) is 4. The maximum Gasteiger partial charge on any atom is 0.271 e. The number of carbonyl (C=O) groups excluding carboxylic acids is 1. The van der Waals surface area contributed by atoms with E-state index in [4.69, 9.17) is 0 Å². The number of nitrogens with one attached hydrogen (secondary N) is 1. The fourth-order valence-electron chi connectivity index (χ4n) is 4.74. The van der Waals surface area contributed by atoms with Gasteiger partial charge in [0.1, 0.15) is 0 Å². The maximum atomic E-state index is 12.5. The van der Waals surface area contributed by atoms with Gasteiger partial charge in [0.2, 0.25) is 0 Å². The van der Waals surface area contributed by atoms with Gasteiger partial charge in [-0.05, 0) is 95.1 Å². The summed E-state index contributed by atoms with van der Waals surface area (Å²) in [5.74, 6) is -0.204. The van der Waals surface area contributed by atoms with Crippen LogP contribution in [0.4, 0.5) is 11.4 Å². The highest BCUT2D eigenvalue weighted by Gasteiger charge is 2.13. The lowest BCUT2D eigenvalue weighted by atomic mass is 10.2. The number of carbonyl (C=O) groups is 1. The number of nitrogens with zero attached hydrogens (tertiary/aromatic N) is 4. The van der Waals surface area contributed by atoms with E-state index in [0.717, 1.165) is 48.8 Å². The first-order valence-electron chi connectivity index (χ1n) is 12.2. The molecule has 1 N–H and O–H groups in total. The Morgan fingerprint density at radius 1 is 0.971 bits per heavy atom. The molecule has 0 bridgehead atoms. The van der Waals surface area contributed by atoms with Crippen molar-refractivity contribution in [1.82, 2.24) is 9.99 Å². The van der Waals surface area contributed by atoms with Gasteiger partial charge in [-0.3, -0.25) is 4.79 Å². The summed E-state index contributed by atoms with van der Waals surface area (Å²) in [4.78, 5) is 17.2. The predicted octanol–water partition coefficient (Wildman–Crippen LogP) is 5.30. The second-order valence-electron chi connectivity index (χ2n) is 8.79. The number of hydrazone groups is 1. The molecule has 0 radical (unpaired) electrons. The molecule has 1 amide bonds. The lowest BCUT2D eigenvalue weighted by Crippen LogP contribution is -2.21. The van der Waals surface area contributed by atoms with Crippen LogP contribution >= 0.6 is 0 Å². The fraction of sp³-hybridized carbons (Fsp3) is 0.357. The first-order chi connectivity index (χ1) is 16.5. The first-order valence-corrected chi connectivity index (χ1v) is 12.2. The van der Waals surface area contributed by atoms with Crippen LogP contribution in [-0.4, -0.2) is 42.9 Å². The molecule has 0 aliphatic carbocycles. The molecule has 2 aromatic carbocycles. The molecule has 1 saturated heterocycles. The summed E-state index contributed by atoms with van der Waals surface area (Å²) >= 11 is 0. The molecular formula is C28H35N5O. The van der Waals surface area contributed by atoms with Crippen molar-refractivity contribution in [2.75, 3.05) is 36.0 Å². The number of aryl methyl sites for hydroxylation is 1. The lowest BCUT2D eigenvalue weighted by Gasteiger charge is -2.21. The Hall–Kier alpha value is -3.54. The van der Waals surface area contributed by atoms with E-state index in [1.165, 1.54) is 24.2 Å². The third-order valence-corrected chi connectivity index (χ3v) is 6.68. The number of amides is 1. The second kappa shape index (κ2) is 10.6. The van der Waals surface area contributed by atoms with Gasteiger partial charge in [0.05, 0.1) is 6.21 Å². The van der Waals surface area contributed by atoms with Crippen molar-refractivity contribution in [3.8, 4) is 5.69 Å². The van der Waals surface area contributed by atoms with Gasteiger partial charge in [0, 0.05) is 65.8 Å². The van der Waals surface area contributed by atoms with Gasteiger partial charge in [-0.1, -0.05) is 0 Å². The third-order valence-electron chi connectivity index (χ3n) is 6.68. The molecule has 1 fully saturated rings. The predicted molar refractivity (Wildman–Crippen MR) is 142 cm³/mol. The SMILES string of the molecule is CCN(CC)c1ccc(-n2c(C)cc(/C=N\NC(=O)c3ccc(N4CCCC4)cc3)c2C)cc1. The van der Waals surface area contributed by atoms with E-state index in [2.05, 4.69) is 82.9 Å². The van der Waals surface area contributed by atoms with Gasteiger partial charge in [0.25, 0.3) is 5.91 Å². The lowest BCUT2D eigenvalue weighted by molar-refractivity contribution is 0.0955. The molecule has 1 aliphatic heterocycles. The zero-order chi connectivity index (χ0) is 24.1. The molecule has 0 atom stereocenters. The molecule has 1 aliphatic rings. The zero-order valence-corrected chi connectivity index (χ0v) is 20.7. The largest absolute Gasteiger partial charge is 0.372 e. The zero-order valence-electron chi connectivity index (χ0n) is 20.7. The Kier molecular flexibility index (Phi) is 7.36. The Balaban J connectivity index is 1.43. The van der Waals surface area contributed by atoms with E-state index in [-0.39, 0.29) is 5.91 Å². The second-order valence-corrected chi connectivity index (χ2v) is 8.79. The number of anilines is 2. The molecule has 0 spiro atoms. The van der Waals surface area contributed by atoms with Crippen LogP contribution in [0.25, 0.3) is 5.69 Å². The van der Waals surface area contributed by atoms with Crippen LogP contribution in [0.2, 0.25) is 0 Å². The smallest absolute Gasteiger partial charge is 0.271 e. The summed E-state index contributed by atoms with van der Waals surface area (Å²) in [6.45, 7) is 12.7. The topological polar surface area (TPSA) is 52.9 Å². The quantitative estimate of drug-likeness (QED) is 0.369. The molecule has 0 unspecified atom stereocenters. The molecule has 6 nitrogen and oxygen atoms in total. The normalized spacial score (nSPS) is 13.6. The van der Waals surface area contributed by atoms with Gasteiger partial charge in [-0.25, -0.2) is 5.43 Å². The summed E-state index contributed by atoms with van der Waals surface area (Å²) in [7, 11) is 0. The fourth-order valence-corrected chi connectivity index (χ4v) is 4.74. The monoisotopic (exact) mass is 457 g/mol. The van der Waals surface area contributed by atoms with E-state index < -0.39 is 0 Å². The molecule has 1 aromatic heterocycles. The van der Waals surface area contributed by atoms with Crippen molar-refractivity contribution in [2.24, 2.45) is 5.10 Å². The van der Waals surface area contributed by atoms with Crippen LogP contribution in [-0.2, 0) is 0 Å². The minimum absolute atomic E-state index is 0.204. The molecule has 2 heterocycles. The van der Waals surface area contributed by atoms with Gasteiger partial charge >= 0.3 is 0 Å². The van der Waals surface area contributed by atoms with Crippen molar-refractivity contribution in [3.63, 3.8) is 0 Å². The van der Waals surface area contributed by atoms with Crippen LogP contribution in [0.1, 0.15) is 54.0 Å². The maximum absolute atomic E-state index is 12.5. The standard InChI is InChI=1S/C28H35N5O/c1-5-31(6-2)25-13-15-27(16-14-25)33-21(3)19-24(22(33)4)20-29-30-28(34)23-9-11-26(12-10-23)32-17-7-8-18-32/h9-16,19-20H,5-8,17-18H2,1-4H3,(H,30,34)/b29-20-. The molecule has 0 saturated carbocycles. The van der Waals surface area contributed by atoms with Crippen molar-refractivity contribution >= 4 is 23.5 Å². The molecule has 34 heavy (non-hydrogen) atoms. The first kappa shape index (κ1) is 23.6. The summed E-state index contributed by atoms with van der Waals surface area (Å²) in [6.07, 6.45) is 4.19. The van der Waals surface area contributed by atoms with E-state index >= 15 is 0 Å². The van der Waals surface area contributed by atoms with Crippen LogP contribution in [0.15, 0.2) is 59.7 Å². The van der Waals surface area contributed by atoms with Gasteiger partial charge < -0.3 is 14.4 Å². The Morgan fingerprint density at radius 2 is 1.59 bits per heavy atom. The minimum Gasteiger partial charge on any atom is -0.372 e.